The third-order valence-electron chi connectivity index (χ3n) is 2.30. The van der Waals surface area contributed by atoms with Crippen molar-refractivity contribution in [2.45, 2.75) is 19.4 Å². The van der Waals surface area contributed by atoms with E-state index in [1.54, 1.807) is 7.11 Å². The van der Waals surface area contributed by atoms with E-state index in [-0.39, 0.29) is 6.04 Å². The number of hydroxylamine groups is 1. The Morgan fingerprint density at radius 1 is 1.25 bits per heavy atom. The Balaban J connectivity index is 2.44. The van der Waals surface area contributed by atoms with E-state index < -0.39 is 0 Å². The first-order valence-electron chi connectivity index (χ1n) is 5.39. The lowest BCUT2D eigenvalue weighted by Crippen LogP contribution is -2.23. The van der Waals surface area contributed by atoms with E-state index >= 15 is 0 Å². The first-order valence-corrected chi connectivity index (χ1v) is 6.19. The summed E-state index contributed by atoms with van der Waals surface area (Å²) in [5, 5.41) is 0. The smallest absolute Gasteiger partial charge is 0.0916 e. The van der Waals surface area contributed by atoms with Crippen LogP contribution in [0.5, 0.6) is 0 Å². The van der Waals surface area contributed by atoms with Crippen LogP contribution in [0.3, 0.4) is 0 Å². The van der Waals surface area contributed by atoms with Gasteiger partial charge in [0.15, 0.2) is 0 Å². The van der Waals surface area contributed by atoms with Gasteiger partial charge in [0.2, 0.25) is 0 Å². The number of halogens is 1. The molecule has 0 amide bonds. The fourth-order valence-electron chi connectivity index (χ4n) is 1.37. The zero-order chi connectivity index (χ0) is 11.8. The van der Waals surface area contributed by atoms with Crippen LogP contribution in [0.2, 0.25) is 0 Å². The van der Waals surface area contributed by atoms with Gasteiger partial charge in [-0.05, 0) is 24.1 Å². The van der Waals surface area contributed by atoms with E-state index in [2.05, 4.69) is 40.5 Å². The maximum Gasteiger partial charge on any atom is 0.0916 e. The van der Waals surface area contributed by atoms with Gasteiger partial charge in [-0.2, -0.15) is 5.48 Å². The van der Waals surface area contributed by atoms with Gasteiger partial charge >= 0.3 is 0 Å². The highest BCUT2D eigenvalue weighted by atomic mass is 79.9. The minimum atomic E-state index is 0.227. The number of hydrogen-bond donors (Lipinski definition) is 1. The summed E-state index contributed by atoms with van der Waals surface area (Å²) in [6.45, 7) is 3.28. The summed E-state index contributed by atoms with van der Waals surface area (Å²) in [6.07, 6.45) is 0.981. The van der Waals surface area contributed by atoms with Gasteiger partial charge in [0, 0.05) is 11.6 Å². The normalized spacial score (nSPS) is 12.7. The van der Waals surface area contributed by atoms with E-state index in [4.69, 9.17) is 9.57 Å². The third kappa shape index (κ3) is 4.61. The lowest BCUT2D eigenvalue weighted by Gasteiger charge is -2.17. The average molecular weight is 288 g/mol. The molecule has 0 heterocycles. The van der Waals surface area contributed by atoms with Crippen molar-refractivity contribution in [1.82, 2.24) is 5.48 Å². The second kappa shape index (κ2) is 7.79. The summed E-state index contributed by atoms with van der Waals surface area (Å²) in [5.41, 5.74) is 4.27. The Labute approximate surface area is 105 Å². The van der Waals surface area contributed by atoms with Crippen LogP contribution in [-0.4, -0.2) is 20.3 Å². The van der Waals surface area contributed by atoms with Crippen LogP contribution in [0.25, 0.3) is 0 Å². The SMILES string of the molecule is CCC(NOCCOC)c1ccc(Br)cc1. The first kappa shape index (κ1) is 13.6. The van der Waals surface area contributed by atoms with Crippen LogP contribution in [0.15, 0.2) is 28.7 Å². The van der Waals surface area contributed by atoms with Crippen molar-refractivity contribution < 1.29 is 9.57 Å². The Hall–Kier alpha value is -0.420. The molecule has 1 aromatic carbocycles. The van der Waals surface area contributed by atoms with E-state index in [0.717, 1.165) is 10.9 Å². The fourth-order valence-corrected chi connectivity index (χ4v) is 1.63. The molecule has 1 N–H and O–H groups in total. The number of methoxy groups -OCH3 is 1. The third-order valence-corrected chi connectivity index (χ3v) is 2.82. The second-order valence-corrected chi connectivity index (χ2v) is 4.39. The molecule has 0 aliphatic carbocycles. The number of benzene rings is 1. The molecule has 16 heavy (non-hydrogen) atoms. The predicted molar refractivity (Wildman–Crippen MR) is 68.1 cm³/mol. The van der Waals surface area contributed by atoms with Gasteiger partial charge in [-0.1, -0.05) is 35.0 Å². The molecule has 0 aromatic heterocycles. The lowest BCUT2D eigenvalue weighted by atomic mass is 10.1. The summed E-state index contributed by atoms with van der Waals surface area (Å²) in [5.74, 6) is 0. The van der Waals surface area contributed by atoms with Crippen LogP contribution in [0, 0.1) is 0 Å². The van der Waals surface area contributed by atoms with Crippen molar-refractivity contribution in [2.24, 2.45) is 0 Å². The molecule has 0 aliphatic rings. The number of nitrogens with one attached hydrogen (secondary N) is 1. The monoisotopic (exact) mass is 287 g/mol. The molecule has 0 radical (unpaired) electrons. The Morgan fingerprint density at radius 3 is 2.50 bits per heavy atom. The standard InChI is InChI=1S/C12H18BrNO2/c1-3-12(14-16-9-8-15-2)10-4-6-11(13)7-5-10/h4-7,12,14H,3,8-9H2,1-2H3. The molecule has 90 valence electrons. The highest BCUT2D eigenvalue weighted by Crippen LogP contribution is 2.19. The van der Waals surface area contributed by atoms with Crippen molar-refractivity contribution in [1.29, 1.82) is 0 Å². The number of ether oxygens (including phenoxy) is 1. The molecule has 0 saturated heterocycles. The van der Waals surface area contributed by atoms with Gasteiger partial charge < -0.3 is 4.74 Å². The molecular formula is C12H18BrNO2. The van der Waals surface area contributed by atoms with Gasteiger partial charge in [-0.15, -0.1) is 0 Å². The van der Waals surface area contributed by atoms with Crippen LogP contribution >= 0.6 is 15.9 Å². The highest BCUT2D eigenvalue weighted by Gasteiger charge is 2.08. The van der Waals surface area contributed by atoms with E-state index in [1.807, 2.05) is 12.1 Å². The van der Waals surface area contributed by atoms with Crippen molar-refractivity contribution in [3.8, 4) is 0 Å². The topological polar surface area (TPSA) is 30.5 Å². The lowest BCUT2D eigenvalue weighted by molar-refractivity contribution is -0.0131. The van der Waals surface area contributed by atoms with E-state index in [1.165, 1.54) is 5.56 Å². The molecule has 0 bridgehead atoms. The Morgan fingerprint density at radius 2 is 1.94 bits per heavy atom. The van der Waals surface area contributed by atoms with E-state index in [9.17, 15) is 0 Å². The fraction of sp³-hybridized carbons (Fsp3) is 0.500. The molecule has 4 heteroatoms. The van der Waals surface area contributed by atoms with Gasteiger partial charge in [0.1, 0.15) is 0 Å². The van der Waals surface area contributed by atoms with Crippen LogP contribution in [0.4, 0.5) is 0 Å². The van der Waals surface area contributed by atoms with Crippen molar-refractivity contribution in [3.05, 3.63) is 34.3 Å². The van der Waals surface area contributed by atoms with Gasteiger partial charge in [-0.25, -0.2) is 0 Å². The van der Waals surface area contributed by atoms with Crippen molar-refractivity contribution >= 4 is 15.9 Å². The number of rotatable bonds is 7. The zero-order valence-corrected chi connectivity index (χ0v) is 11.3. The predicted octanol–water partition coefficient (Wildman–Crippen LogP) is 3.07. The molecule has 0 aliphatic heterocycles. The molecule has 1 rings (SSSR count). The summed E-state index contributed by atoms with van der Waals surface area (Å²) in [4.78, 5) is 5.33. The number of hydrogen-bond acceptors (Lipinski definition) is 3. The summed E-state index contributed by atoms with van der Waals surface area (Å²) in [7, 11) is 1.66. The highest BCUT2D eigenvalue weighted by molar-refractivity contribution is 9.10. The zero-order valence-electron chi connectivity index (χ0n) is 9.70. The summed E-state index contributed by atoms with van der Waals surface area (Å²) >= 11 is 3.42. The molecule has 0 saturated carbocycles. The Bertz CT molecular complexity index is 290. The minimum Gasteiger partial charge on any atom is -0.382 e. The molecule has 1 aromatic rings. The molecular weight excluding hydrogens is 270 g/mol. The van der Waals surface area contributed by atoms with Crippen LogP contribution < -0.4 is 5.48 Å². The summed E-state index contributed by atoms with van der Waals surface area (Å²) in [6, 6.07) is 8.48. The van der Waals surface area contributed by atoms with Crippen LogP contribution in [-0.2, 0) is 9.57 Å². The maximum atomic E-state index is 5.33. The maximum absolute atomic E-state index is 5.33. The van der Waals surface area contributed by atoms with Gasteiger partial charge in [0.05, 0.1) is 19.3 Å². The largest absolute Gasteiger partial charge is 0.382 e. The molecule has 1 unspecified atom stereocenters. The van der Waals surface area contributed by atoms with Gasteiger partial charge in [0.25, 0.3) is 0 Å². The van der Waals surface area contributed by atoms with Crippen LogP contribution in [0.1, 0.15) is 24.9 Å². The molecule has 0 fully saturated rings. The first-order chi connectivity index (χ1) is 7.77. The Kier molecular flexibility index (Phi) is 6.64. The summed E-state index contributed by atoms with van der Waals surface area (Å²) < 4.78 is 6.00. The molecule has 0 spiro atoms. The molecule has 3 nitrogen and oxygen atoms in total. The van der Waals surface area contributed by atoms with Crippen molar-refractivity contribution in [3.63, 3.8) is 0 Å². The van der Waals surface area contributed by atoms with Crippen molar-refractivity contribution in [2.75, 3.05) is 20.3 Å². The van der Waals surface area contributed by atoms with E-state index in [0.29, 0.717) is 13.2 Å². The quantitative estimate of drug-likeness (QED) is 0.618. The second-order valence-electron chi connectivity index (χ2n) is 3.47. The van der Waals surface area contributed by atoms with Gasteiger partial charge in [-0.3, -0.25) is 4.84 Å². The average Bonchev–Trinajstić information content (AvgIpc) is 2.31. The minimum absolute atomic E-state index is 0.227. The molecule has 1 atom stereocenters.